The van der Waals surface area contributed by atoms with E-state index >= 15 is 0 Å². The molecule has 2 amide bonds. The molecule has 10 heteroatoms. The maximum atomic E-state index is 13.9. The molecule has 4 aliphatic rings. The first-order valence-electron chi connectivity index (χ1n) is 12.2. The number of carbonyl (C=O) groups is 4. The number of nitrogens with zero attached hydrogens (tertiary/aromatic N) is 1. The van der Waals surface area contributed by atoms with Crippen LogP contribution in [-0.2, 0) is 19.2 Å². The van der Waals surface area contributed by atoms with Gasteiger partial charge in [0.2, 0.25) is 11.8 Å². The molecular weight excluding hydrogens is 553 g/mol. The lowest BCUT2D eigenvalue weighted by Gasteiger charge is -2.42. The molecule has 1 aliphatic heterocycles. The number of Topliss-reactive ketones (excluding diaryl/α,β-unsaturated/α-hetero) is 1. The summed E-state index contributed by atoms with van der Waals surface area (Å²) in [4.78, 5) is 55.0. The number of fused-ring (bicyclic) bond motifs is 3. The number of phenols is 1. The van der Waals surface area contributed by atoms with Gasteiger partial charge < -0.3 is 15.2 Å². The fourth-order valence-corrected chi connectivity index (χ4v) is 6.82. The van der Waals surface area contributed by atoms with Crippen LogP contribution in [-0.4, -0.2) is 45.7 Å². The van der Waals surface area contributed by atoms with Gasteiger partial charge in [0.15, 0.2) is 11.6 Å². The fraction of sp³-hybridized carbons (Fsp3) is 0.214. The van der Waals surface area contributed by atoms with Crippen molar-refractivity contribution in [1.82, 2.24) is 0 Å². The van der Waals surface area contributed by atoms with Crippen molar-refractivity contribution in [3.05, 3.63) is 87.4 Å². The van der Waals surface area contributed by atoms with Crippen LogP contribution in [0.5, 0.6) is 5.75 Å². The number of aromatic hydroxyl groups is 1. The molecule has 38 heavy (non-hydrogen) atoms. The Balaban J connectivity index is 1.47. The van der Waals surface area contributed by atoms with Crippen molar-refractivity contribution >= 4 is 57.6 Å². The average molecular weight is 574 g/mol. The molecule has 0 aromatic heterocycles. The molecule has 0 bridgehead atoms. The highest BCUT2D eigenvalue weighted by Gasteiger charge is 2.56. The molecule has 0 saturated carbocycles. The Bertz CT molecular complexity index is 1540. The number of ketones is 2. The lowest BCUT2D eigenvalue weighted by atomic mass is 9.59. The molecule has 2 aromatic rings. The van der Waals surface area contributed by atoms with Gasteiger partial charge in [-0.2, -0.15) is 0 Å². The molecular formula is C28H21BBrNO7. The minimum Gasteiger partial charge on any atom is -0.508 e. The predicted molar refractivity (Wildman–Crippen MR) is 141 cm³/mol. The number of amides is 2. The Morgan fingerprint density at radius 3 is 2.45 bits per heavy atom. The van der Waals surface area contributed by atoms with E-state index in [-0.39, 0.29) is 51.7 Å². The molecule has 190 valence electrons. The first-order chi connectivity index (χ1) is 18.2. The van der Waals surface area contributed by atoms with E-state index in [2.05, 4.69) is 15.9 Å². The van der Waals surface area contributed by atoms with Crippen LogP contribution < -0.4 is 10.4 Å². The second kappa shape index (κ2) is 9.01. The number of carbonyl (C=O) groups excluding carboxylic acids is 4. The van der Waals surface area contributed by atoms with Crippen molar-refractivity contribution in [2.75, 3.05) is 4.90 Å². The van der Waals surface area contributed by atoms with E-state index in [1.54, 1.807) is 30.3 Å². The van der Waals surface area contributed by atoms with Crippen LogP contribution in [0.15, 0.2) is 81.9 Å². The summed E-state index contributed by atoms with van der Waals surface area (Å²) in [7, 11) is -1.76. The number of halogens is 1. The average Bonchev–Trinajstić information content (AvgIpc) is 3.15. The molecule has 6 rings (SSSR count). The van der Waals surface area contributed by atoms with E-state index < -0.39 is 36.7 Å². The maximum absolute atomic E-state index is 13.9. The van der Waals surface area contributed by atoms with Gasteiger partial charge in [0.25, 0.3) is 0 Å². The number of imide groups is 1. The van der Waals surface area contributed by atoms with Crippen LogP contribution in [0, 0.1) is 17.8 Å². The van der Waals surface area contributed by atoms with Crippen LogP contribution in [0.3, 0.4) is 0 Å². The first-order valence-corrected chi connectivity index (χ1v) is 13.0. The Hall–Kier alpha value is -3.60. The second-order valence-electron chi connectivity index (χ2n) is 9.97. The quantitative estimate of drug-likeness (QED) is 0.221. The molecule has 1 heterocycles. The zero-order valence-corrected chi connectivity index (χ0v) is 21.5. The van der Waals surface area contributed by atoms with Crippen LogP contribution in [0.25, 0.3) is 0 Å². The number of anilines is 1. The molecule has 1 fully saturated rings. The van der Waals surface area contributed by atoms with Gasteiger partial charge in [0.05, 0.1) is 22.0 Å². The van der Waals surface area contributed by atoms with Gasteiger partial charge in [-0.15, -0.1) is 0 Å². The summed E-state index contributed by atoms with van der Waals surface area (Å²) in [5.41, 5.74) is 2.45. The summed E-state index contributed by atoms with van der Waals surface area (Å²) >= 11 is 3.20. The summed E-state index contributed by atoms with van der Waals surface area (Å²) in [6.07, 6.45) is 3.57. The summed E-state index contributed by atoms with van der Waals surface area (Å²) in [5, 5.41) is 29.4. The van der Waals surface area contributed by atoms with E-state index in [4.69, 9.17) is 0 Å². The maximum Gasteiger partial charge on any atom is 0.488 e. The molecule has 4 unspecified atom stereocenters. The smallest absolute Gasteiger partial charge is 0.488 e. The van der Waals surface area contributed by atoms with Crippen molar-refractivity contribution in [3.8, 4) is 5.75 Å². The van der Waals surface area contributed by atoms with E-state index in [0.29, 0.717) is 16.7 Å². The summed E-state index contributed by atoms with van der Waals surface area (Å²) < 4.78 is 0.144. The number of phenolic OH excluding ortho intramolecular Hbond substituents is 1. The second-order valence-corrected chi connectivity index (χ2v) is 10.8. The number of hydrogen-bond acceptors (Lipinski definition) is 7. The normalized spacial score (nSPS) is 26.6. The SMILES string of the molecule is O=C1C=C(Br)C(=O)C2=C1C(c1cccc(O)c1)C1=CCC3C(=O)N(c4cccc(B(O)O)c4)C(=O)C3C1C2. The molecule has 2 aromatic carbocycles. The number of allylic oxidation sites excluding steroid dienone is 6. The molecule has 4 atom stereocenters. The van der Waals surface area contributed by atoms with Gasteiger partial charge in [-0.3, -0.25) is 24.1 Å². The van der Waals surface area contributed by atoms with E-state index in [9.17, 15) is 34.3 Å². The lowest BCUT2D eigenvalue weighted by Crippen LogP contribution is -2.39. The highest BCUT2D eigenvalue weighted by Crippen LogP contribution is 2.55. The zero-order chi connectivity index (χ0) is 26.9. The van der Waals surface area contributed by atoms with Crippen LogP contribution in [0.2, 0.25) is 0 Å². The molecule has 1 saturated heterocycles. The molecule has 0 radical (unpaired) electrons. The van der Waals surface area contributed by atoms with Crippen molar-refractivity contribution in [3.63, 3.8) is 0 Å². The topological polar surface area (TPSA) is 132 Å². The van der Waals surface area contributed by atoms with Crippen molar-refractivity contribution in [2.45, 2.75) is 18.8 Å². The molecule has 0 spiro atoms. The number of rotatable bonds is 3. The van der Waals surface area contributed by atoms with Gasteiger partial charge in [-0.05, 0) is 70.0 Å². The van der Waals surface area contributed by atoms with Crippen molar-refractivity contribution in [2.24, 2.45) is 17.8 Å². The third-order valence-corrected chi connectivity index (χ3v) is 8.55. The summed E-state index contributed by atoms with van der Waals surface area (Å²) in [6.45, 7) is 0. The lowest BCUT2D eigenvalue weighted by molar-refractivity contribution is -0.123. The van der Waals surface area contributed by atoms with Crippen LogP contribution in [0.4, 0.5) is 5.69 Å². The fourth-order valence-electron chi connectivity index (χ4n) is 6.37. The van der Waals surface area contributed by atoms with E-state index in [0.717, 1.165) is 10.5 Å². The zero-order valence-electron chi connectivity index (χ0n) is 19.9. The highest BCUT2D eigenvalue weighted by atomic mass is 79.9. The predicted octanol–water partition coefficient (Wildman–Crippen LogP) is 2.04. The largest absolute Gasteiger partial charge is 0.508 e. The number of hydrogen-bond donors (Lipinski definition) is 3. The highest BCUT2D eigenvalue weighted by molar-refractivity contribution is 9.12. The van der Waals surface area contributed by atoms with Gasteiger partial charge >= 0.3 is 7.12 Å². The summed E-state index contributed by atoms with van der Waals surface area (Å²) in [6, 6.07) is 12.5. The summed E-state index contributed by atoms with van der Waals surface area (Å²) in [5.74, 6) is -4.01. The number of benzene rings is 2. The Morgan fingerprint density at radius 2 is 1.71 bits per heavy atom. The van der Waals surface area contributed by atoms with Gasteiger partial charge in [-0.1, -0.05) is 35.9 Å². The third kappa shape index (κ3) is 3.66. The Morgan fingerprint density at radius 1 is 0.947 bits per heavy atom. The van der Waals surface area contributed by atoms with Crippen LogP contribution >= 0.6 is 15.9 Å². The minimum absolute atomic E-state index is 0.0108. The molecule has 3 N–H and O–H groups in total. The monoisotopic (exact) mass is 573 g/mol. The third-order valence-electron chi connectivity index (χ3n) is 7.96. The standard InChI is InChI=1S/C28H21BBrNO7/c30-21-12-22(33)25-20(26(21)34)11-19-17(23(25)13-3-1-6-16(32)9-13)7-8-18-24(19)28(36)31(27(18)35)15-5-2-4-14(10-15)29(37)38/h1-7,9-10,12,18-19,23-24,32,37-38H,8,11H2. The van der Waals surface area contributed by atoms with Gasteiger partial charge in [0.1, 0.15) is 5.75 Å². The van der Waals surface area contributed by atoms with Crippen molar-refractivity contribution in [1.29, 1.82) is 0 Å². The Kier molecular flexibility index (Phi) is 5.86. The molecule has 3 aliphatic carbocycles. The van der Waals surface area contributed by atoms with Gasteiger partial charge in [0, 0.05) is 23.1 Å². The molecule has 8 nitrogen and oxygen atoms in total. The Labute approximate surface area is 226 Å². The first kappa shape index (κ1) is 24.7. The van der Waals surface area contributed by atoms with Crippen LogP contribution in [0.1, 0.15) is 24.3 Å². The van der Waals surface area contributed by atoms with Crippen molar-refractivity contribution < 1.29 is 34.3 Å². The van der Waals surface area contributed by atoms with Gasteiger partial charge in [-0.25, -0.2) is 0 Å². The van der Waals surface area contributed by atoms with E-state index in [1.165, 1.54) is 24.3 Å². The minimum atomic E-state index is -1.76. The van der Waals surface area contributed by atoms with E-state index in [1.807, 2.05) is 6.08 Å².